The third kappa shape index (κ3) is 0.753. The van der Waals surface area contributed by atoms with E-state index < -0.39 is 0 Å². The summed E-state index contributed by atoms with van der Waals surface area (Å²) in [6, 6.07) is 1.45. The standard InChI is InChI=1S/C5H6N2O.H2/c1-4-5(8)2-3-6-7-4;/h2-3H,1H3,(H,6,8);1H. The van der Waals surface area contributed by atoms with Crippen molar-refractivity contribution in [2.45, 2.75) is 6.92 Å². The molecule has 0 atom stereocenters. The zero-order chi connectivity index (χ0) is 5.98. The molecule has 0 aliphatic rings. The van der Waals surface area contributed by atoms with E-state index in [4.69, 9.17) is 0 Å². The van der Waals surface area contributed by atoms with E-state index in [0.717, 1.165) is 0 Å². The molecule has 0 saturated heterocycles. The van der Waals surface area contributed by atoms with Crippen molar-refractivity contribution in [2.24, 2.45) is 0 Å². The van der Waals surface area contributed by atoms with Gasteiger partial charge in [0.1, 0.15) is 5.69 Å². The highest BCUT2D eigenvalue weighted by atomic mass is 16.1. The number of nitrogens with one attached hydrogen (secondary N) is 1. The normalized spacial score (nSPS) is 9.12. The average Bonchev–Trinajstić information content (AvgIpc) is 1.77. The van der Waals surface area contributed by atoms with Crippen LogP contribution in [0.5, 0.6) is 0 Å². The summed E-state index contributed by atoms with van der Waals surface area (Å²) in [4.78, 5) is 10.5. The van der Waals surface area contributed by atoms with Gasteiger partial charge in [-0.2, -0.15) is 5.10 Å². The average molecular weight is 112 g/mol. The lowest BCUT2D eigenvalue weighted by Crippen LogP contribution is -2.05. The Kier molecular flexibility index (Phi) is 1.12. The summed E-state index contributed by atoms with van der Waals surface area (Å²) in [5.41, 5.74) is 0.483. The second-order valence-corrected chi connectivity index (χ2v) is 1.52. The maximum Gasteiger partial charge on any atom is 0.203 e. The molecule has 1 rings (SSSR count). The number of hydrogen-bond donors (Lipinski definition) is 1. The Balaban J connectivity index is 0.000000640. The van der Waals surface area contributed by atoms with Gasteiger partial charge in [-0.05, 0) is 6.92 Å². The first-order valence-electron chi connectivity index (χ1n) is 2.31. The Morgan fingerprint density at radius 2 is 2.62 bits per heavy atom. The first-order valence-corrected chi connectivity index (χ1v) is 2.31. The zero-order valence-electron chi connectivity index (χ0n) is 4.51. The van der Waals surface area contributed by atoms with E-state index in [1.807, 2.05) is 0 Å². The molecule has 1 heterocycles. The lowest BCUT2D eigenvalue weighted by molar-refractivity contribution is 0.964. The molecule has 0 fully saturated rings. The number of nitrogens with zero attached hydrogens (tertiary/aromatic N) is 1. The summed E-state index contributed by atoms with van der Waals surface area (Å²) in [5, 5.41) is 6.19. The molecule has 0 aromatic carbocycles. The SMILES string of the molecule is Cc1n[nH]ccc1=O.[HH]. The minimum absolute atomic E-state index is 0. The Morgan fingerprint density at radius 1 is 1.88 bits per heavy atom. The molecule has 1 aromatic heterocycles. The highest BCUT2D eigenvalue weighted by Gasteiger charge is 1.85. The fourth-order valence-electron chi connectivity index (χ4n) is 0.423. The molecule has 0 spiro atoms. The molecule has 0 saturated carbocycles. The second-order valence-electron chi connectivity index (χ2n) is 1.52. The van der Waals surface area contributed by atoms with Gasteiger partial charge in [0.05, 0.1) is 0 Å². The van der Waals surface area contributed by atoms with Crippen molar-refractivity contribution >= 4 is 0 Å². The molecule has 0 amide bonds. The van der Waals surface area contributed by atoms with Gasteiger partial charge in [-0.15, -0.1) is 0 Å². The smallest absolute Gasteiger partial charge is 0.203 e. The van der Waals surface area contributed by atoms with Crippen LogP contribution in [0.15, 0.2) is 17.1 Å². The number of hydrogen-bond acceptors (Lipinski definition) is 2. The molecule has 0 bridgehead atoms. The highest BCUT2D eigenvalue weighted by Crippen LogP contribution is 1.72. The second kappa shape index (κ2) is 1.78. The molecule has 3 heteroatoms. The topological polar surface area (TPSA) is 45.8 Å². The van der Waals surface area contributed by atoms with E-state index in [9.17, 15) is 4.79 Å². The van der Waals surface area contributed by atoms with Crippen molar-refractivity contribution < 1.29 is 1.43 Å². The lowest BCUT2D eigenvalue weighted by Gasteiger charge is -1.82. The van der Waals surface area contributed by atoms with Gasteiger partial charge in [0.25, 0.3) is 0 Å². The molecule has 1 aromatic rings. The van der Waals surface area contributed by atoms with Gasteiger partial charge in [0.2, 0.25) is 5.43 Å². The number of rotatable bonds is 0. The van der Waals surface area contributed by atoms with E-state index in [2.05, 4.69) is 10.2 Å². The van der Waals surface area contributed by atoms with Crippen LogP contribution in [-0.4, -0.2) is 10.2 Å². The summed E-state index contributed by atoms with van der Waals surface area (Å²) < 4.78 is 0. The van der Waals surface area contributed by atoms with E-state index >= 15 is 0 Å². The predicted molar refractivity (Wildman–Crippen MR) is 31.7 cm³/mol. The summed E-state index contributed by atoms with van der Waals surface area (Å²) in [6.45, 7) is 1.67. The molecule has 0 aliphatic heterocycles. The van der Waals surface area contributed by atoms with E-state index in [1.165, 1.54) is 12.3 Å². The van der Waals surface area contributed by atoms with Gasteiger partial charge in [0.15, 0.2) is 0 Å². The molecule has 44 valence electrons. The number of H-pyrrole nitrogens is 1. The van der Waals surface area contributed by atoms with Crippen LogP contribution in [0.3, 0.4) is 0 Å². The van der Waals surface area contributed by atoms with Crippen LogP contribution in [0.2, 0.25) is 0 Å². The Bertz CT molecular complexity index is 232. The van der Waals surface area contributed by atoms with Gasteiger partial charge in [0, 0.05) is 13.7 Å². The summed E-state index contributed by atoms with van der Waals surface area (Å²) >= 11 is 0. The molecule has 1 N–H and O–H groups in total. The van der Waals surface area contributed by atoms with Crippen molar-refractivity contribution in [2.75, 3.05) is 0 Å². The quantitative estimate of drug-likeness (QED) is 0.525. The highest BCUT2D eigenvalue weighted by molar-refractivity contribution is 4.96. The third-order valence-electron chi connectivity index (χ3n) is 0.898. The van der Waals surface area contributed by atoms with Crippen LogP contribution in [0.25, 0.3) is 0 Å². The molecule has 0 unspecified atom stereocenters. The van der Waals surface area contributed by atoms with Gasteiger partial charge in [-0.25, -0.2) is 0 Å². The molecule has 0 aliphatic carbocycles. The molecule has 3 nitrogen and oxygen atoms in total. The van der Waals surface area contributed by atoms with Crippen LogP contribution in [0.4, 0.5) is 0 Å². The minimum Gasteiger partial charge on any atom is -0.288 e. The van der Waals surface area contributed by atoms with Crippen LogP contribution >= 0.6 is 0 Å². The molecular weight excluding hydrogens is 104 g/mol. The summed E-state index contributed by atoms with van der Waals surface area (Å²) in [5.74, 6) is 0. The minimum atomic E-state index is -0.0243. The van der Waals surface area contributed by atoms with Gasteiger partial charge in [-0.3, -0.25) is 9.89 Å². The third-order valence-corrected chi connectivity index (χ3v) is 0.898. The first-order chi connectivity index (χ1) is 3.80. The van der Waals surface area contributed by atoms with Gasteiger partial charge >= 0.3 is 0 Å². The van der Waals surface area contributed by atoms with Gasteiger partial charge in [-0.1, -0.05) is 0 Å². The fourth-order valence-corrected chi connectivity index (χ4v) is 0.423. The fraction of sp³-hybridized carbons (Fsp3) is 0.200. The van der Waals surface area contributed by atoms with E-state index in [-0.39, 0.29) is 6.86 Å². The Morgan fingerprint density at radius 3 is 3.00 bits per heavy atom. The maximum atomic E-state index is 10.5. The largest absolute Gasteiger partial charge is 0.288 e. The Labute approximate surface area is 47.9 Å². The van der Waals surface area contributed by atoms with Crippen molar-refractivity contribution in [1.82, 2.24) is 10.2 Å². The molecule has 0 radical (unpaired) electrons. The summed E-state index contributed by atoms with van der Waals surface area (Å²) in [6.07, 6.45) is 1.51. The van der Waals surface area contributed by atoms with Crippen LogP contribution in [0.1, 0.15) is 7.12 Å². The van der Waals surface area contributed by atoms with Gasteiger partial charge < -0.3 is 0 Å². The monoisotopic (exact) mass is 112 g/mol. The Hall–Kier alpha value is -1.12. The first kappa shape index (κ1) is 5.03. The van der Waals surface area contributed by atoms with Crippen molar-refractivity contribution in [3.05, 3.63) is 28.2 Å². The van der Waals surface area contributed by atoms with Crippen LogP contribution in [-0.2, 0) is 0 Å². The number of aromatic amines is 1. The molecule has 8 heavy (non-hydrogen) atoms. The predicted octanol–water partition coefficient (Wildman–Crippen LogP) is 0.324. The van der Waals surface area contributed by atoms with Crippen LogP contribution < -0.4 is 5.43 Å². The van der Waals surface area contributed by atoms with E-state index in [0.29, 0.717) is 5.69 Å². The maximum absolute atomic E-state index is 10.5. The molecular formula is C5H8N2O. The van der Waals surface area contributed by atoms with Crippen molar-refractivity contribution in [1.29, 1.82) is 0 Å². The number of aryl methyl sites for hydroxylation is 1. The lowest BCUT2D eigenvalue weighted by atomic mass is 10.4. The van der Waals surface area contributed by atoms with Crippen LogP contribution in [0, 0.1) is 6.92 Å². The number of aromatic nitrogens is 2. The summed E-state index contributed by atoms with van der Waals surface area (Å²) in [7, 11) is 0. The van der Waals surface area contributed by atoms with Crippen molar-refractivity contribution in [3.8, 4) is 0 Å². The van der Waals surface area contributed by atoms with E-state index in [1.54, 1.807) is 6.92 Å². The zero-order valence-corrected chi connectivity index (χ0v) is 4.51. The van der Waals surface area contributed by atoms with Crippen molar-refractivity contribution in [3.63, 3.8) is 0 Å².